The average molecular weight is 284 g/mol. The highest BCUT2D eigenvalue weighted by atomic mass is 16.4. The molecule has 0 aromatic carbocycles. The van der Waals surface area contributed by atoms with Crippen LogP contribution in [0.3, 0.4) is 0 Å². The number of nitrogens with one attached hydrogen (secondary N) is 1. The Labute approximate surface area is 119 Å². The zero-order valence-corrected chi connectivity index (χ0v) is 12.3. The molecule has 0 saturated carbocycles. The van der Waals surface area contributed by atoms with E-state index < -0.39 is 23.4 Å². The minimum atomic E-state index is -1.04. The molecule has 0 aliphatic heterocycles. The molecule has 3 atom stereocenters. The van der Waals surface area contributed by atoms with Crippen molar-refractivity contribution >= 4 is 11.9 Å². The SMILES string of the molecule is CN(C)CC(C)(O)CNC(=O)C1CC=CCC1C(=O)O. The zero-order valence-electron chi connectivity index (χ0n) is 12.3. The first-order valence-electron chi connectivity index (χ1n) is 6.75. The van der Waals surface area contributed by atoms with Gasteiger partial charge in [-0.3, -0.25) is 9.59 Å². The number of aliphatic hydroxyl groups is 1. The van der Waals surface area contributed by atoms with Gasteiger partial charge in [0, 0.05) is 13.1 Å². The second kappa shape index (κ2) is 6.85. The standard InChI is InChI=1S/C14H24N2O4/c1-14(20,9-16(2)3)8-15-12(17)10-6-4-5-7-11(10)13(18)19/h4-5,10-11,20H,6-9H2,1-3H3,(H,15,17)(H,18,19). The van der Waals surface area contributed by atoms with Crippen LogP contribution in [0, 0.1) is 11.8 Å². The van der Waals surface area contributed by atoms with Gasteiger partial charge in [0.25, 0.3) is 0 Å². The number of carboxylic acids is 1. The number of carbonyl (C=O) groups is 2. The van der Waals surface area contributed by atoms with E-state index in [4.69, 9.17) is 5.11 Å². The van der Waals surface area contributed by atoms with Crippen molar-refractivity contribution in [3.63, 3.8) is 0 Å². The van der Waals surface area contributed by atoms with Crippen molar-refractivity contribution in [2.24, 2.45) is 11.8 Å². The Kier molecular flexibility index (Phi) is 5.71. The van der Waals surface area contributed by atoms with Crippen molar-refractivity contribution in [2.45, 2.75) is 25.4 Å². The van der Waals surface area contributed by atoms with E-state index in [9.17, 15) is 14.7 Å². The van der Waals surface area contributed by atoms with E-state index in [0.29, 0.717) is 19.4 Å². The van der Waals surface area contributed by atoms with Crippen molar-refractivity contribution in [2.75, 3.05) is 27.2 Å². The number of rotatable bonds is 6. The second-order valence-corrected chi connectivity index (χ2v) is 5.95. The number of likely N-dealkylation sites (N-methyl/N-ethyl adjacent to an activating group) is 1. The molecule has 1 amide bonds. The molecule has 6 nitrogen and oxygen atoms in total. The Morgan fingerprint density at radius 2 is 1.85 bits per heavy atom. The first kappa shape index (κ1) is 16.7. The number of carbonyl (C=O) groups excluding carboxylic acids is 1. The maximum Gasteiger partial charge on any atom is 0.307 e. The predicted molar refractivity (Wildman–Crippen MR) is 75.2 cm³/mol. The summed E-state index contributed by atoms with van der Waals surface area (Å²) in [6.07, 6.45) is 4.44. The summed E-state index contributed by atoms with van der Waals surface area (Å²) in [6, 6.07) is 0. The summed E-state index contributed by atoms with van der Waals surface area (Å²) in [4.78, 5) is 25.1. The highest BCUT2D eigenvalue weighted by molar-refractivity contribution is 5.85. The van der Waals surface area contributed by atoms with Crippen molar-refractivity contribution < 1.29 is 19.8 Å². The van der Waals surface area contributed by atoms with Gasteiger partial charge in [-0.2, -0.15) is 0 Å². The van der Waals surface area contributed by atoms with Crippen LogP contribution in [-0.4, -0.2) is 59.8 Å². The van der Waals surface area contributed by atoms with Crippen LogP contribution in [0.2, 0.25) is 0 Å². The Balaban J connectivity index is 2.57. The Bertz CT molecular complexity index is 391. The van der Waals surface area contributed by atoms with Crippen molar-refractivity contribution in [3.05, 3.63) is 12.2 Å². The van der Waals surface area contributed by atoms with Gasteiger partial charge in [-0.1, -0.05) is 12.2 Å². The molecule has 0 spiro atoms. The van der Waals surface area contributed by atoms with E-state index in [1.807, 2.05) is 25.1 Å². The quantitative estimate of drug-likeness (QED) is 0.601. The van der Waals surface area contributed by atoms with Crippen LogP contribution in [0.4, 0.5) is 0 Å². The normalized spacial score (nSPS) is 25.2. The summed E-state index contributed by atoms with van der Waals surface area (Å²) in [5, 5.41) is 21.9. The summed E-state index contributed by atoms with van der Waals surface area (Å²) in [6.45, 7) is 2.17. The molecule has 0 heterocycles. The first-order valence-corrected chi connectivity index (χ1v) is 6.75. The lowest BCUT2D eigenvalue weighted by atomic mass is 9.82. The summed E-state index contributed by atoms with van der Waals surface area (Å²) < 4.78 is 0. The second-order valence-electron chi connectivity index (χ2n) is 5.95. The number of carboxylic acid groups (broad SMARTS) is 1. The Hall–Kier alpha value is -1.40. The summed E-state index contributed by atoms with van der Waals surface area (Å²) >= 11 is 0. The third kappa shape index (κ3) is 4.94. The predicted octanol–water partition coefficient (Wildman–Crippen LogP) is 0.0822. The van der Waals surface area contributed by atoms with Gasteiger partial charge in [-0.25, -0.2) is 0 Å². The van der Waals surface area contributed by atoms with Crippen molar-refractivity contribution in [3.8, 4) is 0 Å². The lowest BCUT2D eigenvalue weighted by Crippen LogP contribution is -2.49. The topological polar surface area (TPSA) is 89.9 Å². The monoisotopic (exact) mass is 284 g/mol. The highest BCUT2D eigenvalue weighted by Gasteiger charge is 2.34. The van der Waals surface area contributed by atoms with Gasteiger partial charge >= 0.3 is 5.97 Å². The Morgan fingerprint density at radius 3 is 2.35 bits per heavy atom. The zero-order chi connectivity index (χ0) is 15.3. The van der Waals surface area contributed by atoms with Gasteiger partial charge < -0.3 is 20.4 Å². The molecule has 20 heavy (non-hydrogen) atoms. The smallest absolute Gasteiger partial charge is 0.307 e. The molecule has 1 aliphatic rings. The fraction of sp³-hybridized carbons (Fsp3) is 0.714. The largest absolute Gasteiger partial charge is 0.481 e. The number of hydrogen-bond donors (Lipinski definition) is 3. The molecule has 0 radical (unpaired) electrons. The fourth-order valence-corrected chi connectivity index (χ4v) is 2.52. The minimum absolute atomic E-state index is 0.108. The van der Waals surface area contributed by atoms with Gasteiger partial charge in [-0.15, -0.1) is 0 Å². The number of hydrogen-bond acceptors (Lipinski definition) is 4. The molecule has 0 fully saturated rings. The molecule has 0 aromatic rings. The van der Waals surface area contributed by atoms with E-state index in [1.165, 1.54) is 0 Å². The highest BCUT2D eigenvalue weighted by Crippen LogP contribution is 2.26. The van der Waals surface area contributed by atoms with Crippen LogP contribution in [-0.2, 0) is 9.59 Å². The molecular formula is C14H24N2O4. The van der Waals surface area contributed by atoms with Gasteiger partial charge in [0.15, 0.2) is 0 Å². The maximum atomic E-state index is 12.1. The molecular weight excluding hydrogens is 260 g/mol. The number of amides is 1. The lowest BCUT2D eigenvalue weighted by Gasteiger charge is -2.29. The van der Waals surface area contributed by atoms with Crippen LogP contribution in [0.25, 0.3) is 0 Å². The van der Waals surface area contributed by atoms with Crippen LogP contribution in [0.1, 0.15) is 19.8 Å². The summed E-state index contributed by atoms with van der Waals surface area (Å²) in [5.41, 5.74) is -1.04. The third-order valence-corrected chi connectivity index (χ3v) is 3.39. The number of aliphatic carboxylic acids is 1. The number of allylic oxidation sites excluding steroid dienone is 2. The molecule has 114 valence electrons. The molecule has 0 saturated heterocycles. The van der Waals surface area contributed by atoms with E-state index in [2.05, 4.69) is 5.32 Å². The van der Waals surface area contributed by atoms with Gasteiger partial charge in [0.05, 0.1) is 17.4 Å². The lowest BCUT2D eigenvalue weighted by molar-refractivity contribution is -0.147. The van der Waals surface area contributed by atoms with Gasteiger partial charge in [0.1, 0.15) is 0 Å². The van der Waals surface area contributed by atoms with Crippen LogP contribution < -0.4 is 5.32 Å². The van der Waals surface area contributed by atoms with Gasteiger partial charge in [-0.05, 0) is 33.9 Å². The molecule has 1 rings (SSSR count). The van der Waals surface area contributed by atoms with E-state index in [1.54, 1.807) is 13.0 Å². The molecule has 6 heteroatoms. The van der Waals surface area contributed by atoms with Crippen molar-refractivity contribution in [1.29, 1.82) is 0 Å². The molecule has 1 aliphatic carbocycles. The maximum absolute atomic E-state index is 12.1. The molecule has 3 unspecified atom stereocenters. The van der Waals surface area contributed by atoms with E-state index in [-0.39, 0.29) is 12.5 Å². The number of nitrogens with zero attached hydrogens (tertiary/aromatic N) is 1. The fourth-order valence-electron chi connectivity index (χ4n) is 2.52. The molecule has 3 N–H and O–H groups in total. The van der Waals surface area contributed by atoms with Crippen LogP contribution >= 0.6 is 0 Å². The summed E-state index contributed by atoms with van der Waals surface area (Å²) in [7, 11) is 3.67. The summed E-state index contributed by atoms with van der Waals surface area (Å²) in [5.74, 6) is -2.50. The van der Waals surface area contributed by atoms with Crippen LogP contribution in [0.15, 0.2) is 12.2 Å². The van der Waals surface area contributed by atoms with Crippen LogP contribution in [0.5, 0.6) is 0 Å². The third-order valence-electron chi connectivity index (χ3n) is 3.39. The van der Waals surface area contributed by atoms with E-state index in [0.717, 1.165) is 0 Å². The van der Waals surface area contributed by atoms with Gasteiger partial charge in [0.2, 0.25) is 5.91 Å². The molecule has 0 bridgehead atoms. The average Bonchev–Trinajstić information content (AvgIpc) is 2.34. The minimum Gasteiger partial charge on any atom is -0.481 e. The Morgan fingerprint density at radius 1 is 1.30 bits per heavy atom. The van der Waals surface area contributed by atoms with Crippen molar-refractivity contribution in [1.82, 2.24) is 10.2 Å². The molecule has 0 aromatic heterocycles. The van der Waals surface area contributed by atoms with E-state index >= 15 is 0 Å². The first-order chi connectivity index (χ1) is 9.23.